The number of nitrogens with one attached hydrogen (secondary N) is 2. The second kappa shape index (κ2) is 6.80. The van der Waals surface area contributed by atoms with Gasteiger partial charge in [-0.1, -0.05) is 25.0 Å². The Bertz CT molecular complexity index is 853. The van der Waals surface area contributed by atoms with E-state index in [4.69, 9.17) is 0 Å². The van der Waals surface area contributed by atoms with Crippen molar-refractivity contribution in [2.24, 2.45) is 17.3 Å². The maximum atomic E-state index is 12.7. The van der Waals surface area contributed by atoms with E-state index in [-0.39, 0.29) is 5.41 Å². The van der Waals surface area contributed by atoms with Crippen molar-refractivity contribution >= 4 is 16.1 Å². The van der Waals surface area contributed by atoms with Gasteiger partial charge in [0, 0.05) is 11.1 Å². The van der Waals surface area contributed by atoms with E-state index in [2.05, 4.69) is 17.0 Å². The Kier molecular flexibility index (Phi) is 4.73. The SMILES string of the molecule is CC1=CCCC(S(=O)(=O)NC(=O)NC2=C3CCCC3CC3CCCC23C)=C1. The number of urea groups is 1. The molecule has 4 rings (SSSR count). The minimum Gasteiger partial charge on any atom is -0.310 e. The lowest BCUT2D eigenvalue weighted by Gasteiger charge is -2.42. The average molecular weight is 391 g/mol. The highest BCUT2D eigenvalue weighted by molar-refractivity contribution is 7.93. The summed E-state index contributed by atoms with van der Waals surface area (Å²) < 4.78 is 27.5. The Morgan fingerprint density at radius 1 is 1.22 bits per heavy atom. The van der Waals surface area contributed by atoms with Crippen molar-refractivity contribution in [3.05, 3.63) is 33.9 Å². The quantitative estimate of drug-likeness (QED) is 0.745. The van der Waals surface area contributed by atoms with Crippen molar-refractivity contribution in [1.82, 2.24) is 10.0 Å². The van der Waals surface area contributed by atoms with Crippen LogP contribution in [0.2, 0.25) is 0 Å². The highest BCUT2D eigenvalue weighted by Gasteiger charge is 2.49. The van der Waals surface area contributed by atoms with Crippen molar-refractivity contribution in [2.45, 2.75) is 71.6 Å². The van der Waals surface area contributed by atoms with Crippen molar-refractivity contribution < 1.29 is 13.2 Å². The van der Waals surface area contributed by atoms with Crippen LogP contribution in [0.5, 0.6) is 0 Å². The number of amides is 2. The smallest absolute Gasteiger partial charge is 0.310 e. The molecule has 5 nitrogen and oxygen atoms in total. The third kappa shape index (κ3) is 3.37. The topological polar surface area (TPSA) is 75.3 Å². The van der Waals surface area contributed by atoms with Gasteiger partial charge in [0.05, 0.1) is 4.91 Å². The molecule has 6 heteroatoms. The predicted molar refractivity (Wildman–Crippen MR) is 106 cm³/mol. The first-order valence-corrected chi connectivity index (χ1v) is 11.7. The van der Waals surface area contributed by atoms with Gasteiger partial charge in [0.2, 0.25) is 0 Å². The molecule has 4 aliphatic carbocycles. The summed E-state index contributed by atoms with van der Waals surface area (Å²) in [6, 6.07) is -0.606. The zero-order chi connectivity index (χ0) is 19.2. The maximum Gasteiger partial charge on any atom is 0.332 e. The van der Waals surface area contributed by atoms with Crippen LogP contribution in [-0.4, -0.2) is 14.4 Å². The fourth-order valence-electron chi connectivity index (χ4n) is 5.75. The van der Waals surface area contributed by atoms with E-state index in [1.165, 1.54) is 37.7 Å². The van der Waals surface area contributed by atoms with Crippen LogP contribution < -0.4 is 10.0 Å². The number of sulfonamides is 1. The molecule has 0 aromatic rings. The Hall–Kier alpha value is -1.56. The first kappa shape index (κ1) is 18.8. The van der Waals surface area contributed by atoms with E-state index in [0.29, 0.717) is 29.6 Å². The summed E-state index contributed by atoms with van der Waals surface area (Å²) in [6.07, 6.45) is 12.9. The van der Waals surface area contributed by atoms with E-state index in [1.54, 1.807) is 6.08 Å². The second-order valence-electron chi connectivity index (χ2n) is 8.89. The Labute approximate surface area is 162 Å². The van der Waals surface area contributed by atoms with Crippen molar-refractivity contribution in [1.29, 1.82) is 0 Å². The lowest BCUT2D eigenvalue weighted by atomic mass is 9.66. The van der Waals surface area contributed by atoms with Gasteiger partial charge in [0.1, 0.15) is 0 Å². The molecule has 0 spiro atoms. The zero-order valence-corrected chi connectivity index (χ0v) is 17.1. The van der Waals surface area contributed by atoms with Crippen molar-refractivity contribution in [3.63, 3.8) is 0 Å². The van der Waals surface area contributed by atoms with Crippen molar-refractivity contribution in [3.8, 4) is 0 Å². The maximum absolute atomic E-state index is 12.7. The number of hydrogen-bond acceptors (Lipinski definition) is 3. The highest BCUT2D eigenvalue weighted by atomic mass is 32.2. The molecular formula is C21H30N2O3S. The van der Waals surface area contributed by atoms with Crippen LogP contribution in [0.1, 0.15) is 71.6 Å². The van der Waals surface area contributed by atoms with Crippen LogP contribution in [0.25, 0.3) is 0 Å². The van der Waals surface area contributed by atoms with Gasteiger partial charge in [0.15, 0.2) is 0 Å². The van der Waals surface area contributed by atoms with Gasteiger partial charge in [-0.25, -0.2) is 17.9 Å². The largest absolute Gasteiger partial charge is 0.332 e. The molecule has 4 aliphatic rings. The molecule has 0 radical (unpaired) electrons. The standard InChI is InChI=1S/C21H30N2O3S/c1-14-6-3-9-17(12-14)27(25,26)23-20(24)22-19-18-10-4-7-15(18)13-16-8-5-11-21(16,19)2/h6,12,15-16H,3-5,7-11,13H2,1-2H3,(H2,22,23,24). The number of allylic oxidation sites excluding steroid dienone is 6. The summed E-state index contributed by atoms with van der Waals surface area (Å²) in [7, 11) is -3.79. The molecule has 2 amide bonds. The molecule has 0 aliphatic heterocycles. The number of carbonyl (C=O) groups is 1. The monoisotopic (exact) mass is 390 g/mol. The summed E-state index contributed by atoms with van der Waals surface area (Å²) in [4.78, 5) is 13.0. The van der Waals surface area contributed by atoms with Gasteiger partial charge >= 0.3 is 6.03 Å². The fourth-order valence-corrected chi connectivity index (χ4v) is 6.90. The molecule has 0 saturated heterocycles. The van der Waals surface area contributed by atoms with E-state index >= 15 is 0 Å². The molecule has 2 saturated carbocycles. The number of rotatable bonds is 3. The third-order valence-electron chi connectivity index (χ3n) is 7.16. The van der Waals surface area contributed by atoms with Crippen LogP contribution in [0.15, 0.2) is 33.9 Å². The molecule has 0 aromatic heterocycles. The lowest BCUT2D eigenvalue weighted by Crippen LogP contribution is -2.46. The van der Waals surface area contributed by atoms with Gasteiger partial charge in [-0.2, -0.15) is 0 Å². The molecule has 3 unspecified atom stereocenters. The average Bonchev–Trinajstić information content (AvgIpc) is 3.21. The summed E-state index contributed by atoms with van der Waals surface area (Å²) >= 11 is 0. The summed E-state index contributed by atoms with van der Waals surface area (Å²) in [6.45, 7) is 4.14. The fraction of sp³-hybridized carbons (Fsp3) is 0.667. The van der Waals surface area contributed by atoms with E-state index in [0.717, 1.165) is 24.1 Å². The van der Waals surface area contributed by atoms with E-state index < -0.39 is 16.1 Å². The number of hydrogen-bond donors (Lipinski definition) is 2. The summed E-state index contributed by atoms with van der Waals surface area (Å²) in [5, 5.41) is 3.02. The van der Waals surface area contributed by atoms with Crippen LogP contribution in [-0.2, 0) is 10.0 Å². The first-order chi connectivity index (χ1) is 12.8. The number of fused-ring (bicyclic) bond motifs is 2. The molecule has 2 N–H and O–H groups in total. The minimum absolute atomic E-state index is 0.0132. The predicted octanol–water partition coefficient (Wildman–Crippen LogP) is 4.50. The van der Waals surface area contributed by atoms with Crippen LogP contribution in [0.3, 0.4) is 0 Å². The minimum atomic E-state index is -3.79. The number of carbonyl (C=O) groups excluding carboxylic acids is 1. The van der Waals surface area contributed by atoms with Gasteiger partial charge in [-0.3, -0.25) is 0 Å². The van der Waals surface area contributed by atoms with Crippen LogP contribution in [0.4, 0.5) is 4.79 Å². The van der Waals surface area contributed by atoms with Gasteiger partial charge in [-0.15, -0.1) is 0 Å². The molecule has 3 atom stereocenters. The molecule has 0 aromatic carbocycles. The molecule has 27 heavy (non-hydrogen) atoms. The normalized spacial score (nSPS) is 33.1. The Morgan fingerprint density at radius 2 is 2.04 bits per heavy atom. The molecular weight excluding hydrogens is 360 g/mol. The second-order valence-corrected chi connectivity index (χ2v) is 10.6. The zero-order valence-electron chi connectivity index (χ0n) is 16.3. The van der Waals surface area contributed by atoms with Gasteiger partial charge < -0.3 is 5.32 Å². The van der Waals surface area contributed by atoms with Gasteiger partial charge in [-0.05, 0) is 81.8 Å². The van der Waals surface area contributed by atoms with Crippen LogP contribution >= 0.6 is 0 Å². The lowest BCUT2D eigenvalue weighted by molar-refractivity contribution is 0.201. The Morgan fingerprint density at radius 3 is 2.81 bits per heavy atom. The highest BCUT2D eigenvalue weighted by Crippen LogP contribution is 2.58. The van der Waals surface area contributed by atoms with Gasteiger partial charge in [0.25, 0.3) is 10.0 Å². The molecule has 2 fully saturated rings. The summed E-state index contributed by atoms with van der Waals surface area (Å²) in [5.74, 6) is 1.17. The molecule has 148 valence electrons. The molecule has 0 bridgehead atoms. The first-order valence-electron chi connectivity index (χ1n) is 10.2. The van der Waals surface area contributed by atoms with E-state index in [1.807, 2.05) is 13.0 Å². The van der Waals surface area contributed by atoms with Crippen LogP contribution in [0, 0.1) is 17.3 Å². The van der Waals surface area contributed by atoms with Crippen molar-refractivity contribution in [2.75, 3.05) is 0 Å². The third-order valence-corrected chi connectivity index (χ3v) is 8.63. The Balaban J connectivity index is 1.56. The summed E-state index contributed by atoms with van der Waals surface area (Å²) in [5.41, 5.74) is 3.31. The molecule has 0 heterocycles. The van der Waals surface area contributed by atoms with E-state index in [9.17, 15) is 13.2 Å².